The molecule has 2 fully saturated rings. The van der Waals surface area contributed by atoms with Crippen molar-refractivity contribution in [1.82, 2.24) is 14.8 Å². The van der Waals surface area contributed by atoms with Gasteiger partial charge in [-0.25, -0.2) is 4.79 Å². The molecule has 5 rings (SSSR count). The fourth-order valence-corrected chi connectivity index (χ4v) is 5.65. The summed E-state index contributed by atoms with van der Waals surface area (Å²) in [5, 5.41) is 7.12. The first kappa shape index (κ1) is 27.6. The number of hydrogen-bond donors (Lipinski definition) is 1. The van der Waals surface area contributed by atoms with Crippen LogP contribution in [0, 0.1) is 0 Å². The number of pyridine rings is 1. The summed E-state index contributed by atoms with van der Waals surface area (Å²) in [5.41, 5.74) is 3.44. The molecule has 2 saturated heterocycles. The summed E-state index contributed by atoms with van der Waals surface area (Å²) in [5.74, 6) is -2.20. The number of rotatable bonds is 3. The molecule has 1 unspecified atom stereocenters. The largest absolute Gasteiger partial charge is 0.490 e. The van der Waals surface area contributed by atoms with Crippen molar-refractivity contribution >= 4 is 17.8 Å². The maximum atomic E-state index is 12.9. The number of piperidine rings is 1. The molecular weight excluding hydrogens is 503 g/mol. The zero-order valence-electron chi connectivity index (χ0n) is 20.8. The van der Waals surface area contributed by atoms with Crippen LogP contribution in [0.5, 0.6) is 0 Å². The van der Waals surface area contributed by atoms with Crippen molar-refractivity contribution in [2.75, 3.05) is 39.4 Å². The number of carbonyl (C=O) groups excluding carboxylic acids is 2. The van der Waals surface area contributed by atoms with E-state index in [-0.39, 0.29) is 23.1 Å². The summed E-state index contributed by atoms with van der Waals surface area (Å²) in [4.78, 5) is 42.7. The fourth-order valence-electron chi connectivity index (χ4n) is 5.65. The molecule has 1 N–H and O–H groups in total. The number of ether oxygens (including phenoxy) is 1. The number of likely N-dealkylation sites (tertiary alicyclic amines) is 1. The number of carboxylic acid groups (broad SMARTS) is 1. The van der Waals surface area contributed by atoms with Crippen LogP contribution in [-0.2, 0) is 19.7 Å². The highest BCUT2D eigenvalue weighted by atomic mass is 19.4. The minimum atomic E-state index is -5.08. The van der Waals surface area contributed by atoms with Crippen molar-refractivity contribution in [3.8, 4) is 0 Å². The highest BCUT2D eigenvalue weighted by Crippen LogP contribution is 2.52. The molecule has 2 aliphatic heterocycles. The van der Waals surface area contributed by atoms with Crippen LogP contribution in [0.25, 0.3) is 0 Å². The van der Waals surface area contributed by atoms with E-state index in [0.29, 0.717) is 38.3 Å². The fraction of sp³-hybridized carbons (Fsp3) is 0.481. The number of aromatic nitrogens is 1. The molecule has 2 aromatic rings. The molecule has 11 heteroatoms. The number of carboxylic acids is 1. The van der Waals surface area contributed by atoms with Crippen LogP contribution in [0.3, 0.4) is 0 Å². The normalized spacial score (nSPS) is 20.3. The lowest BCUT2D eigenvalue weighted by Gasteiger charge is -2.40. The molecule has 0 radical (unpaired) electrons. The highest BCUT2D eigenvalue weighted by Gasteiger charge is 2.46. The quantitative estimate of drug-likeness (QED) is 0.647. The van der Waals surface area contributed by atoms with Crippen molar-refractivity contribution in [1.29, 1.82) is 0 Å². The summed E-state index contributed by atoms with van der Waals surface area (Å²) in [6.07, 6.45) is 1.70. The van der Waals surface area contributed by atoms with Crippen LogP contribution >= 0.6 is 0 Å². The zero-order chi connectivity index (χ0) is 27.3. The number of nitrogens with zero attached hydrogens (tertiary/aromatic N) is 3. The predicted molar refractivity (Wildman–Crippen MR) is 131 cm³/mol. The molecule has 2 amide bonds. The summed E-state index contributed by atoms with van der Waals surface area (Å²) in [7, 11) is 0. The van der Waals surface area contributed by atoms with Gasteiger partial charge in [-0.05, 0) is 53.9 Å². The Balaban J connectivity index is 0.000000426. The van der Waals surface area contributed by atoms with E-state index in [1.54, 1.807) is 12.4 Å². The SMILES string of the molecule is O=C(CC1CC2(CCN(C(=O)c3cccnc3)CC2)c2ccccc21)N1CCOCC1.O=C(O)C(F)(F)F. The van der Waals surface area contributed by atoms with E-state index < -0.39 is 12.1 Å². The molecule has 1 aliphatic carbocycles. The van der Waals surface area contributed by atoms with Gasteiger partial charge < -0.3 is 19.6 Å². The molecular formula is C27H30F3N3O5. The van der Waals surface area contributed by atoms with Crippen LogP contribution < -0.4 is 0 Å². The minimum Gasteiger partial charge on any atom is -0.475 e. The number of aliphatic carboxylic acids is 1. The van der Waals surface area contributed by atoms with E-state index in [4.69, 9.17) is 14.6 Å². The van der Waals surface area contributed by atoms with Crippen molar-refractivity contribution in [2.24, 2.45) is 0 Å². The third-order valence-corrected chi connectivity index (χ3v) is 7.55. The number of morpholine rings is 1. The average molecular weight is 534 g/mol. The molecule has 1 spiro atoms. The molecule has 1 atom stereocenters. The molecule has 1 aromatic heterocycles. The molecule has 0 saturated carbocycles. The molecule has 0 bridgehead atoms. The van der Waals surface area contributed by atoms with Gasteiger partial charge in [0.2, 0.25) is 5.91 Å². The smallest absolute Gasteiger partial charge is 0.475 e. The predicted octanol–water partition coefficient (Wildman–Crippen LogP) is 3.63. The molecule has 204 valence electrons. The molecule has 3 heterocycles. The standard InChI is InChI=1S/C25H29N3O3.C2HF3O2/c29-23(27-12-14-31-15-13-27)16-20-17-25(22-6-2-1-5-21(20)22)7-10-28(11-8-25)24(30)19-4-3-9-26-18-19;3-2(4,5)1(6)7/h1-6,9,18,20H,7-8,10-17H2;(H,6,7). The number of hydrogen-bond acceptors (Lipinski definition) is 5. The van der Waals surface area contributed by atoms with E-state index >= 15 is 0 Å². The monoisotopic (exact) mass is 533 g/mol. The van der Waals surface area contributed by atoms with Gasteiger partial charge in [-0.3, -0.25) is 14.6 Å². The molecule has 8 nitrogen and oxygen atoms in total. The van der Waals surface area contributed by atoms with Gasteiger partial charge in [0, 0.05) is 45.0 Å². The topological polar surface area (TPSA) is 100 Å². The molecule has 38 heavy (non-hydrogen) atoms. The number of carbonyl (C=O) groups is 3. The second-order valence-electron chi connectivity index (χ2n) is 9.80. The molecule has 3 aliphatic rings. The number of alkyl halides is 3. The Morgan fingerprint density at radius 2 is 1.66 bits per heavy atom. The van der Waals surface area contributed by atoms with Gasteiger partial charge in [-0.15, -0.1) is 0 Å². The van der Waals surface area contributed by atoms with Crippen molar-refractivity contribution in [3.05, 3.63) is 65.5 Å². The second-order valence-corrected chi connectivity index (χ2v) is 9.80. The van der Waals surface area contributed by atoms with Gasteiger partial charge in [-0.1, -0.05) is 24.3 Å². The highest BCUT2D eigenvalue weighted by molar-refractivity contribution is 5.94. The van der Waals surface area contributed by atoms with Gasteiger partial charge in [0.05, 0.1) is 18.8 Å². The number of fused-ring (bicyclic) bond motifs is 2. The summed E-state index contributed by atoms with van der Waals surface area (Å²) in [6.45, 7) is 4.15. The van der Waals surface area contributed by atoms with Crippen LogP contribution in [0.4, 0.5) is 13.2 Å². The van der Waals surface area contributed by atoms with Crippen LogP contribution in [-0.4, -0.2) is 83.2 Å². The van der Waals surface area contributed by atoms with Crippen molar-refractivity contribution in [3.63, 3.8) is 0 Å². The van der Waals surface area contributed by atoms with Gasteiger partial charge in [0.15, 0.2) is 0 Å². The van der Waals surface area contributed by atoms with Crippen molar-refractivity contribution < 1.29 is 37.4 Å². The maximum Gasteiger partial charge on any atom is 0.490 e. The van der Waals surface area contributed by atoms with Crippen LogP contribution in [0.15, 0.2) is 48.8 Å². The van der Waals surface area contributed by atoms with Crippen LogP contribution in [0.1, 0.15) is 53.1 Å². The second kappa shape index (κ2) is 11.5. The first-order valence-electron chi connectivity index (χ1n) is 12.5. The first-order chi connectivity index (χ1) is 18.1. The summed E-state index contributed by atoms with van der Waals surface area (Å²) >= 11 is 0. The lowest BCUT2D eigenvalue weighted by atomic mass is 9.73. The summed E-state index contributed by atoms with van der Waals surface area (Å²) in [6, 6.07) is 12.3. The Bertz CT molecular complexity index is 1140. The average Bonchev–Trinajstić information content (AvgIpc) is 3.22. The van der Waals surface area contributed by atoms with Gasteiger partial charge >= 0.3 is 12.1 Å². The van der Waals surface area contributed by atoms with E-state index in [9.17, 15) is 22.8 Å². The van der Waals surface area contributed by atoms with E-state index in [1.807, 2.05) is 21.9 Å². The van der Waals surface area contributed by atoms with E-state index in [2.05, 4.69) is 29.2 Å². The Hall–Kier alpha value is -3.47. The van der Waals surface area contributed by atoms with Crippen molar-refractivity contribution in [2.45, 2.75) is 43.2 Å². The molecule has 1 aromatic carbocycles. The lowest BCUT2D eigenvalue weighted by molar-refractivity contribution is -0.192. The lowest BCUT2D eigenvalue weighted by Crippen LogP contribution is -2.44. The Kier molecular flexibility index (Phi) is 8.35. The van der Waals surface area contributed by atoms with Gasteiger partial charge in [0.25, 0.3) is 5.91 Å². The summed E-state index contributed by atoms with van der Waals surface area (Å²) < 4.78 is 37.1. The maximum absolute atomic E-state index is 12.9. The number of benzene rings is 1. The third kappa shape index (κ3) is 6.15. The number of amides is 2. The number of halogens is 3. The Morgan fingerprint density at radius 3 is 2.26 bits per heavy atom. The van der Waals surface area contributed by atoms with Crippen LogP contribution in [0.2, 0.25) is 0 Å². The Labute approximate surface area is 218 Å². The van der Waals surface area contributed by atoms with Gasteiger partial charge in [0.1, 0.15) is 0 Å². The van der Waals surface area contributed by atoms with E-state index in [1.165, 1.54) is 11.1 Å². The third-order valence-electron chi connectivity index (χ3n) is 7.55. The minimum absolute atomic E-state index is 0.0632. The zero-order valence-corrected chi connectivity index (χ0v) is 20.8. The van der Waals surface area contributed by atoms with Gasteiger partial charge in [-0.2, -0.15) is 13.2 Å². The Morgan fingerprint density at radius 1 is 1.00 bits per heavy atom. The van der Waals surface area contributed by atoms with E-state index in [0.717, 1.165) is 32.4 Å². The first-order valence-corrected chi connectivity index (χ1v) is 12.5.